The lowest BCUT2D eigenvalue weighted by Gasteiger charge is -2.28. The van der Waals surface area contributed by atoms with Crippen LogP contribution in [0.25, 0.3) is 11.3 Å². The maximum atomic E-state index is 12.8. The van der Waals surface area contributed by atoms with Gasteiger partial charge in [0.2, 0.25) is 5.91 Å². The maximum Gasteiger partial charge on any atom is 0.267 e. The first kappa shape index (κ1) is 21.3. The molecule has 2 aromatic carbocycles. The normalized spacial score (nSPS) is 13.9. The summed E-state index contributed by atoms with van der Waals surface area (Å²) in [5.74, 6) is 0.0341. The van der Waals surface area contributed by atoms with E-state index in [2.05, 4.69) is 15.3 Å². The quantitative estimate of drug-likeness (QED) is 0.455. The minimum Gasteiger partial charge on any atom is -0.355 e. The number of aromatic nitrogens is 2. The van der Waals surface area contributed by atoms with E-state index < -0.39 is 10.0 Å². The minimum atomic E-state index is -3.71. The zero-order valence-electron chi connectivity index (χ0n) is 17.2. The lowest BCUT2D eigenvalue weighted by Crippen LogP contribution is -2.31. The molecule has 0 aliphatic carbocycles. The molecule has 3 aromatic rings. The van der Waals surface area contributed by atoms with E-state index in [-0.39, 0.29) is 16.6 Å². The number of hydrogen-bond acceptors (Lipinski definition) is 6. The van der Waals surface area contributed by atoms with Gasteiger partial charge in [-0.25, -0.2) is 18.4 Å². The van der Waals surface area contributed by atoms with Gasteiger partial charge in [0, 0.05) is 19.2 Å². The van der Waals surface area contributed by atoms with Gasteiger partial charge in [0.05, 0.1) is 23.3 Å². The third-order valence-electron chi connectivity index (χ3n) is 5.03. The molecule has 160 valence electrons. The van der Waals surface area contributed by atoms with Gasteiger partial charge in [-0.1, -0.05) is 53.7 Å². The summed E-state index contributed by atoms with van der Waals surface area (Å²) in [4.78, 5) is 20.9. The van der Waals surface area contributed by atoms with Crippen molar-refractivity contribution in [1.82, 2.24) is 15.3 Å². The molecule has 2 heterocycles. The Labute approximate surface area is 186 Å². The Balaban J connectivity index is 1.47. The molecule has 1 N–H and O–H groups in total. The number of amides is 1. The zero-order valence-corrected chi connectivity index (χ0v) is 18.8. The van der Waals surface area contributed by atoms with E-state index in [0.29, 0.717) is 23.1 Å². The van der Waals surface area contributed by atoms with Crippen molar-refractivity contribution >= 4 is 33.4 Å². The molecule has 0 saturated carbocycles. The molecule has 9 heteroatoms. The molecular weight excluding hydrogens is 432 g/mol. The number of rotatable bonds is 6. The fourth-order valence-electron chi connectivity index (χ4n) is 3.37. The van der Waals surface area contributed by atoms with Crippen LogP contribution < -0.4 is 9.62 Å². The van der Waals surface area contributed by atoms with Crippen molar-refractivity contribution in [3.8, 4) is 11.3 Å². The third kappa shape index (κ3) is 4.42. The van der Waals surface area contributed by atoms with Gasteiger partial charge >= 0.3 is 0 Å². The van der Waals surface area contributed by atoms with Crippen LogP contribution in [0.1, 0.15) is 11.1 Å². The van der Waals surface area contributed by atoms with E-state index >= 15 is 0 Å². The second-order valence-electron chi connectivity index (χ2n) is 7.23. The van der Waals surface area contributed by atoms with Gasteiger partial charge in [-0.15, -0.1) is 0 Å². The summed E-state index contributed by atoms with van der Waals surface area (Å²) in [5.41, 5.74) is 3.85. The number of carbonyl (C=O) groups is 1. The van der Waals surface area contributed by atoms with Gasteiger partial charge in [-0.3, -0.25) is 9.10 Å². The molecule has 1 aliphatic heterocycles. The van der Waals surface area contributed by atoms with Crippen molar-refractivity contribution in [2.45, 2.75) is 23.4 Å². The Bertz CT molecular complexity index is 1230. The molecule has 0 unspecified atom stereocenters. The number of benzene rings is 2. The van der Waals surface area contributed by atoms with Gasteiger partial charge in [0.1, 0.15) is 4.90 Å². The van der Waals surface area contributed by atoms with E-state index in [1.54, 1.807) is 6.07 Å². The van der Waals surface area contributed by atoms with Crippen LogP contribution in [0.4, 0.5) is 5.69 Å². The van der Waals surface area contributed by atoms with Crippen LogP contribution in [0.15, 0.2) is 64.8 Å². The van der Waals surface area contributed by atoms with Crippen molar-refractivity contribution in [2.24, 2.45) is 0 Å². The molecule has 1 amide bonds. The molecule has 0 spiro atoms. The van der Waals surface area contributed by atoms with Crippen LogP contribution in [0, 0.1) is 6.92 Å². The molecule has 0 bridgehead atoms. The summed E-state index contributed by atoms with van der Waals surface area (Å²) < 4.78 is 26.9. The molecule has 7 nitrogen and oxygen atoms in total. The highest BCUT2D eigenvalue weighted by Gasteiger charge is 2.34. The van der Waals surface area contributed by atoms with Gasteiger partial charge in [0.15, 0.2) is 5.16 Å². The van der Waals surface area contributed by atoms with Crippen LogP contribution in [0.2, 0.25) is 0 Å². The summed E-state index contributed by atoms with van der Waals surface area (Å²) in [6, 6.07) is 15.5. The number of thioether (sulfide) groups is 1. The number of sulfonamides is 1. The van der Waals surface area contributed by atoms with E-state index in [4.69, 9.17) is 0 Å². The highest BCUT2D eigenvalue weighted by molar-refractivity contribution is 7.99. The van der Waals surface area contributed by atoms with Crippen LogP contribution in [0.5, 0.6) is 0 Å². The largest absolute Gasteiger partial charge is 0.355 e. The van der Waals surface area contributed by atoms with Crippen LogP contribution >= 0.6 is 11.8 Å². The molecule has 1 aromatic heterocycles. The van der Waals surface area contributed by atoms with Crippen molar-refractivity contribution in [1.29, 1.82) is 0 Å². The Morgan fingerprint density at radius 2 is 1.94 bits per heavy atom. The monoisotopic (exact) mass is 454 g/mol. The Morgan fingerprint density at radius 3 is 2.71 bits per heavy atom. The van der Waals surface area contributed by atoms with E-state index in [0.717, 1.165) is 23.1 Å². The first-order valence-electron chi connectivity index (χ1n) is 9.76. The summed E-state index contributed by atoms with van der Waals surface area (Å²) in [7, 11) is -2.19. The van der Waals surface area contributed by atoms with Gasteiger partial charge in [-0.05, 0) is 31.0 Å². The summed E-state index contributed by atoms with van der Waals surface area (Å²) >= 11 is 1.18. The smallest absolute Gasteiger partial charge is 0.267 e. The zero-order chi connectivity index (χ0) is 22.0. The van der Waals surface area contributed by atoms with Crippen molar-refractivity contribution in [2.75, 3.05) is 23.7 Å². The fraction of sp³-hybridized carbons (Fsp3) is 0.227. The molecule has 1 aliphatic rings. The molecule has 0 atom stereocenters. The Morgan fingerprint density at radius 1 is 1.16 bits per heavy atom. The fourth-order valence-corrected chi connectivity index (χ4v) is 5.31. The first-order valence-corrected chi connectivity index (χ1v) is 12.2. The second-order valence-corrected chi connectivity index (χ2v) is 10.1. The van der Waals surface area contributed by atoms with Gasteiger partial charge in [-0.2, -0.15) is 0 Å². The third-order valence-corrected chi connectivity index (χ3v) is 7.66. The van der Waals surface area contributed by atoms with E-state index in [9.17, 15) is 13.2 Å². The summed E-state index contributed by atoms with van der Waals surface area (Å²) in [5, 5.41) is 3.25. The lowest BCUT2D eigenvalue weighted by atomic mass is 10.1. The SMILES string of the molecule is Cc1ccc2c(c1)-c1nc(SCC(=O)NCCc3ccccc3)ncc1S(=O)(=O)N2C. The molecule has 0 saturated heterocycles. The van der Waals surface area contributed by atoms with Crippen molar-refractivity contribution < 1.29 is 13.2 Å². The number of fused-ring (bicyclic) bond motifs is 3. The first-order chi connectivity index (χ1) is 14.9. The van der Waals surface area contributed by atoms with Gasteiger partial charge in [0.25, 0.3) is 10.0 Å². The standard InChI is InChI=1S/C22H22N4O3S2/c1-15-8-9-18-17(12-15)21-19(31(28,29)26(18)2)13-24-22(25-21)30-14-20(27)23-11-10-16-6-4-3-5-7-16/h3-9,12-13H,10-11,14H2,1-2H3,(H,23,27). The topological polar surface area (TPSA) is 92.3 Å². The number of carbonyl (C=O) groups excluding carboxylic acids is 1. The van der Waals surface area contributed by atoms with Crippen LogP contribution in [-0.2, 0) is 21.2 Å². The summed E-state index contributed by atoms with van der Waals surface area (Å²) in [6.07, 6.45) is 2.09. The lowest BCUT2D eigenvalue weighted by molar-refractivity contribution is -0.118. The number of nitrogens with zero attached hydrogens (tertiary/aromatic N) is 3. The highest BCUT2D eigenvalue weighted by Crippen LogP contribution is 2.41. The number of aryl methyl sites for hydroxylation is 1. The number of anilines is 1. The van der Waals surface area contributed by atoms with Crippen LogP contribution in [-0.4, -0.2) is 43.6 Å². The van der Waals surface area contributed by atoms with E-state index in [1.807, 2.05) is 49.4 Å². The Hall–Kier alpha value is -2.91. The molecule has 31 heavy (non-hydrogen) atoms. The van der Waals surface area contributed by atoms with Gasteiger partial charge < -0.3 is 5.32 Å². The predicted octanol–water partition coefficient (Wildman–Crippen LogP) is 3.04. The minimum absolute atomic E-state index is 0.0739. The second kappa shape index (κ2) is 8.68. The molecular formula is C22H22N4O3S2. The van der Waals surface area contributed by atoms with E-state index in [1.165, 1.54) is 29.3 Å². The maximum absolute atomic E-state index is 12.8. The average Bonchev–Trinajstić information content (AvgIpc) is 2.77. The van der Waals surface area contributed by atoms with Crippen molar-refractivity contribution in [3.63, 3.8) is 0 Å². The number of hydrogen-bond donors (Lipinski definition) is 1. The molecule has 4 rings (SSSR count). The average molecular weight is 455 g/mol. The molecule has 0 radical (unpaired) electrons. The molecule has 0 fully saturated rings. The Kier molecular flexibility index (Phi) is 5.97. The predicted molar refractivity (Wildman–Crippen MR) is 122 cm³/mol. The highest BCUT2D eigenvalue weighted by atomic mass is 32.2. The number of nitrogens with one attached hydrogen (secondary N) is 1. The van der Waals surface area contributed by atoms with Crippen molar-refractivity contribution in [3.05, 3.63) is 65.9 Å². The summed E-state index contributed by atoms with van der Waals surface area (Å²) in [6.45, 7) is 2.49. The van der Waals surface area contributed by atoms with Crippen LogP contribution in [0.3, 0.4) is 0 Å².